The van der Waals surface area contributed by atoms with Gasteiger partial charge in [-0.15, -0.1) is 0 Å². The molecule has 2 unspecified atom stereocenters. The van der Waals surface area contributed by atoms with Crippen molar-refractivity contribution in [2.75, 3.05) is 0 Å². The molecule has 19 heavy (non-hydrogen) atoms. The van der Waals surface area contributed by atoms with Crippen LogP contribution >= 0.6 is 0 Å². The highest BCUT2D eigenvalue weighted by molar-refractivity contribution is 5.89. The Bertz CT molecular complexity index is 471. The maximum atomic E-state index is 12.0. The molecule has 2 rings (SSSR count). The van der Waals surface area contributed by atoms with E-state index >= 15 is 0 Å². The zero-order valence-corrected chi connectivity index (χ0v) is 12.0. The lowest BCUT2D eigenvalue weighted by atomic mass is 9.98. The van der Waals surface area contributed by atoms with Crippen LogP contribution < -0.4 is 0 Å². The van der Waals surface area contributed by atoms with E-state index in [-0.39, 0.29) is 12.1 Å². The Morgan fingerprint density at radius 3 is 2.58 bits per heavy atom. The van der Waals surface area contributed by atoms with Gasteiger partial charge < -0.3 is 4.74 Å². The number of rotatable bonds is 4. The molecule has 0 saturated heterocycles. The summed E-state index contributed by atoms with van der Waals surface area (Å²) in [6.07, 6.45) is 5.07. The highest BCUT2D eigenvalue weighted by Crippen LogP contribution is 2.22. The van der Waals surface area contributed by atoms with Gasteiger partial charge in [-0.1, -0.05) is 31.6 Å². The molecule has 1 aromatic rings. The van der Waals surface area contributed by atoms with Crippen LogP contribution in [0.1, 0.15) is 61.9 Å². The Morgan fingerprint density at radius 1 is 1.37 bits per heavy atom. The van der Waals surface area contributed by atoms with E-state index in [0.29, 0.717) is 11.5 Å². The van der Waals surface area contributed by atoms with Gasteiger partial charge in [-0.3, -0.25) is 0 Å². The molecule has 0 amide bonds. The summed E-state index contributed by atoms with van der Waals surface area (Å²) in [5, 5.41) is 0. The minimum atomic E-state index is -0.216. The van der Waals surface area contributed by atoms with E-state index in [4.69, 9.17) is 4.74 Å². The lowest BCUT2D eigenvalue weighted by Crippen LogP contribution is -2.14. The molecule has 0 saturated carbocycles. The van der Waals surface area contributed by atoms with Crippen molar-refractivity contribution in [1.29, 1.82) is 0 Å². The average molecular weight is 258 g/mol. The fourth-order valence-electron chi connectivity index (χ4n) is 2.34. The van der Waals surface area contributed by atoms with Crippen LogP contribution in [0.5, 0.6) is 0 Å². The van der Waals surface area contributed by atoms with Gasteiger partial charge in [0.1, 0.15) is 6.10 Å². The van der Waals surface area contributed by atoms with Crippen molar-refractivity contribution < 1.29 is 9.53 Å². The molecule has 1 aliphatic rings. The summed E-state index contributed by atoms with van der Waals surface area (Å²) in [7, 11) is 0. The maximum Gasteiger partial charge on any atom is 0.338 e. The zero-order chi connectivity index (χ0) is 13.8. The largest absolute Gasteiger partial charge is 0.455 e. The van der Waals surface area contributed by atoms with Gasteiger partial charge in [-0.05, 0) is 55.9 Å². The van der Waals surface area contributed by atoms with Gasteiger partial charge in [0.2, 0.25) is 0 Å². The third kappa shape index (κ3) is 3.46. The van der Waals surface area contributed by atoms with Crippen LogP contribution in [0.25, 0.3) is 0 Å². The standard InChI is InChI=1S/C17H22O2/c1-4-13(3)14-6-8-15(9-7-14)17(18)19-16-10-5-12(2)11-16/h6-9,11,13,16H,4-5,10H2,1-3H3. The molecule has 0 aliphatic heterocycles. The molecule has 2 atom stereocenters. The molecule has 0 spiro atoms. The van der Waals surface area contributed by atoms with Gasteiger partial charge in [0, 0.05) is 0 Å². The van der Waals surface area contributed by atoms with Crippen LogP contribution in [0.4, 0.5) is 0 Å². The second-order valence-corrected chi connectivity index (χ2v) is 5.43. The lowest BCUT2D eigenvalue weighted by Gasteiger charge is -2.12. The Morgan fingerprint density at radius 2 is 2.05 bits per heavy atom. The number of hydrogen-bond acceptors (Lipinski definition) is 2. The minimum absolute atomic E-state index is 0.0401. The minimum Gasteiger partial charge on any atom is -0.455 e. The zero-order valence-electron chi connectivity index (χ0n) is 12.0. The quantitative estimate of drug-likeness (QED) is 0.588. The molecule has 1 aliphatic carbocycles. The van der Waals surface area contributed by atoms with Crippen molar-refractivity contribution >= 4 is 5.97 Å². The van der Waals surface area contributed by atoms with E-state index in [1.807, 2.05) is 30.3 Å². The highest BCUT2D eigenvalue weighted by atomic mass is 16.5. The smallest absolute Gasteiger partial charge is 0.338 e. The second kappa shape index (κ2) is 6.05. The molecular weight excluding hydrogens is 236 g/mol. The number of carbonyl (C=O) groups is 1. The van der Waals surface area contributed by atoms with Gasteiger partial charge in [-0.2, -0.15) is 0 Å². The van der Waals surface area contributed by atoms with E-state index in [1.54, 1.807) is 0 Å². The topological polar surface area (TPSA) is 26.3 Å². The Labute approximate surface area is 115 Å². The van der Waals surface area contributed by atoms with Crippen molar-refractivity contribution in [2.45, 2.75) is 52.1 Å². The van der Waals surface area contributed by atoms with Gasteiger partial charge in [0.15, 0.2) is 0 Å². The van der Waals surface area contributed by atoms with Crippen LogP contribution in [-0.2, 0) is 4.74 Å². The van der Waals surface area contributed by atoms with Crippen LogP contribution in [-0.4, -0.2) is 12.1 Å². The van der Waals surface area contributed by atoms with Crippen molar-refractivity contribution in [3.8, 4) is 0 Å². The second-order valence-electron chi connectivity index (χ2n) is 5.43. The van der Waals surface area contributed by atoms with E-state index in [1.165, 1.54) is 11.1 Å². The molecule has 0 heterocycles. The number of esters is 1. The van der Waals surface area contributed by atoms with Gasteiger partial charge in [0.05, 0.1) is 5.56 Å². The van der Waals surface area contributed by atoms with E-state index in [9.17, 15) is 4.79 Å². The van der Waals surface area contributed by atoms with E-state index in [0.717, 1.165) is 19.3 Å². The summed E-state index contributed by atoms with van der Waals surface area (Å²) in [5.41, 5.74) is 3.23. The van der Waals surface area contributed by atoms with Crippen molar-refractivity contribution in [2.24, 2.45) is 0 Å². The third-order valence-electron chi connectivity index (χ3n) is 3.88. The number of benzene rings is 1. The average Bonchev–Trinajstić information content (AvgIpc) is 2.83. The van der Waals surface area contributed by atoms with Crippen LogP contribution in [0.2, 0.25) is 0 Å². The van der Waals surface area contributed by atoms with E-state index < -0.39 is 0 Å². The summed E-state index contributed by atoms with van der Waals surface area (Å²) in [4.78, 5) is 12.0. The molecular formula is C17H22O2. The van der Waals surface area contributed by atoms with E-state index in [2.05, 4.69) is 20.8 Å². The molecule has 0 N–H and O–H groups in total. The Balaban J connectivity index is 2.00. The first kappa shape index (κ1) is 13.9. The predicted molar refractivity (Wildman–Crippen MR) is 77.3 cm³/mol. The molecule has 1 aromatic carbocycles. The number of ether oxygens (including phenoxy) is 1. The lowest BCUT2D eigenvalue weighted by molar-refractivity contribution is 0.0395. The molecule has 2 nitrogen and oxygen atoms in total. The summed E-state index contributed by atoms with van der Waals surface area (Å²) < 4.78 is 5.48. The molecule has 0 bridgehead atoms. The van der Waals surface area contributed by atoms with Crippen LogP contribution in [0.15, 0.2) is 35.9 Å². The summed E-state index contributed by atoms with van der Waals surface area (Å²) in [6, 6.07) is 7.80. The summed E-state index contributed by atoms with van der Waals surface area (Å²) in [6.45, 7) is 6.44. The SMILES string of the molecule is CCC(C)c1ccc(C(=O)OC2C=C(C)CC2)cc1. The van der Waals surface area contributed by atoms with Crippen LogP contribution in [0.3, 0.4) is 0 Å². The molecule has 0 aromatic heterocycles. The van der Waals surface area contributed by atoms with Crippen molar-refractivity contribution in [3.63, 3.8) is 0 Å². The normalized spacial score (nSPS) is 19.9. The van der Waals surface area contributed by atoms with Crippen molar-refractivity contribution in [3.05, 3.63) is 47.0 Å². The summed E-state index contributed by atoms with van der Waals surface area (Å²) >= 11 is 0. The Hall–Kier alpha value is -1.57. The Kier molecular flexibility index (Phi) is 4.41. The fraction of sp³-hybridized carbons (Fsp3) is 0.471. The van der Waals surface area contributed by atoms with Crippen molar-refractivity contribution in [1.82, 2.24) is 0 Å². The third-order valence-corrected chi connectivity index (χ3v) is 3.88. The number of hydrogen-bond donors (Lipinski definition) is 0. The number of carbonyl (C=O) groups excluding carboxylic acids is 1. The van der Waals surface area contributed by atoms with Crippen LogP contribution in [0, 0.1) is 0 Å². The first-order valence-corrected chi connectivity index (χ1v) is 7.08. The maximum absolute atomic E-state index is 12.0. The van der Waals surface area contributed by atoms with Gasteiger partial charge in [-0.25, -0.2) is 4.79 Å². The first-order chi connectivity index (χ1) is 9.10. The monoisotopic (exact) mass is 258 g/mol. The molecule has 2 heteroatoms. The molecule has 0 radical (unpaired) electrons. The fourth-order valence-corrected chi connectivity index (χ4v) is 2.34. The predicted octanol–water partition coefficient (Wildman–Crippen LogP) is 4.47. The first-order valence-electron chi connectivity index (χ1n) is 7.08. The number of allylic oxidation sites excluding steroid dienone is 1. The van der Waals surface area contributed by atoms with Gasteiger partial charge >= 0.3 is 5.97 Å². The van der Waals surface area contributed by atoms with Gasteiger partial charge in [0.25, 0.3) is 0 Å². The highest BCUT2D eigenvalue weighted by Gasteiger charge is 2.18. The molecule has 0 fully saturated rings. The molecule has 102 valence electrons. The summed E-state index contributed by atoms with van der Waals surface area (Å²) in [5.74, 6) is 0.317.